The van der Waals surface area contributed by atoms with E-state index >= 15 is 0 Å². The van der Waals surface area contributed by atoms with Gasteiger partial charge in [-0.25, -0.2) is 0 Å². The van der Waals surface area contributed by atoms with Gasteiger partial charge in [-0.3, -0.25) is 4.79 Å². The second-order valence-electron chi connectivity index (χ2n) is 5.44. The molecule has 0 fully saturated rings. The number of ether oxygens (including phenoxy) is 1. The van der Waals surface area contributed by atoms with Crippen molar-refractivity contribution in [1.29, 1.82) is 0 Å². The molecule has 0 aliphatic heterocycles. The zero-order chi connectivity index (χ0) is 13.9. The van der Waals surface area contributed by atoms with Gasteiger partial charge in [0.2, 0.25) is 0 Å². The lowest BCUT2D eigenvalue weighted by molar-refractivity contribution is 0.112. The minimum absolute atomic E-state index is 0.0542. The van der Waals surface area contributed by atoms with Crippen molar-refractivity contribution in [3.05, 3.63) is 23.3 Å². The molecule has 0 amide bonds. The van der Waals surface area contributed by atoms with Gasteiger partial charge in [0.05, 0.1) is 12.7 Å². The van der Waals surface area contributed by atoms with E-state index in [1.807, 2.05) is 6.07 Å². The average molecular weight is 265 g/mol. The molecule has 1 aromatic carbocycles. The summed E-state index contributed by atoms with van der Waals surface area (Å²) in [7, 11) is 0.648. The van der Waals surface area contributed by atoms with E-state index in [1.54, 1.807) is 13.2 Å². The monoisotopic (exact) mass is 265 g/mol. The number of aldehydes is 1. The minimum atomic E-state index is -0.921. The molecule has 0 bridgehead atoms. The summed E-state index contributed by atoms with van der Waals surface area (Å²) in [6, 6.07) is 3.74. The Balaban J connectivity index is 3.48. The van der Waals surface area contributed by atoms with E-state index in [0.29, 0.717) is 17.1 Å². The Morgan fingerprint density at radius 3 is 2.17 bits per heavy atom. The number of hydrogen-bond acceptors (Lipinski definition) is 3. The average Bonchev–Trinajstić information content (AvgIpc) is 2.25. The Morgan fingerprint density at radius 1 is 1.17 bits per heavy atom. The number of methoxy groups -OCH3 is 1. The fourth-order valence-corrected chi connectivity index (χ4v) is 2.39. The van der Waals surface area contributed by atoms with Gasteiger partial charge in [-0.05, 0) is 24.6 Å². The van der Waals surface area contributed by atoms with Crippen LogP contribution in [0.2, 0.25) is 13.1 Å². The number of carbonyl (C=O) groups is 1. The lowest BCUT2D eigenvalue weighted by Crippen LogP contribution is -2.19. The molecular formula is C14H21O3Si. The number of carbonyl (C=O) groups excluding carboxylic acids is 1. The summed E-state index contributed by atoms with van der Waals surface area (Å²) in [6.45, 7) is 10.5. The van der Waals surface area contributed by atoms with E-state index in [9.17, 15) is 4.79 Å². The molecule has 0 unspecified atom stereocenters. The molecule has 1 radical (unpaired) electrons. The number of rotatable bonds is 4. The number of hydrogen-bond donors (Lipinski definition) is 0. The molecule has 0 heterocycles. The third kappa shape index (κ3) is 3.13. The van der Waals surface area contributed by atoms with Crippen LogP contribution in [0, 0.1) is 0 Å². The molecule has 99 valence electrons. The van der Waals surface area contributed by atoms with Crippen LogP contribution in [0.5, 0.6) is 11.5 Å². The SMILES string of the molecule is COc1c(C=O)ccc(C(C)(C)C)c1O[Si](C)C. The predicted octanol–water partition coefficient (Wildman–Crippen LogP) is 3.44. The molecule has 0 saturated heterocycles. The molecule has 0 aromatic heterocycles. The first kappa shape index (κ1) is 14.8. The smallest absolute Gasteiger partial charge is 0.274 e. The highest BCUT2D eigenvalue weighted by atomic mass is 28.3. The van der Waals surface area contributed by atoms with Crippen molar-refractivity contribution < 1.29 is 14.0 Å². The van der Waals surface area contributed by atoms with Gasteiger partial charge in [-0.2, -0.15) is 0 Å². The highest BCUT2D eigenvalue weighted by Gasteiger charge is 2.24. The van der Waals surface area contributed by atoms with Crippen LogP contribution in [0.15, 0.2) is 12.1 Å². The first-order chi connectivity index (χ1) is 8.31. The van der Waals surface area contributed by atoms with E-state index in [0.717, 1.165) is 11.8 Å². The zero-order valence-electron chi connectivity index (χ0n) is 12.0. The van der Waals surface area contributed by atoms with Gasteiger partial charge in [-0.15, -0.1) is 0 Å². The highest BCUT2D eigenvalue weighted by Crippen LogP contribution is 2.40. The highest BCUT2D eigenvalue weighted by molar-refractivity contribution is 6.49. The Hall–Kier alpha value is -1.29. The van der Waals surface area contributed by atoms with E-state index < -0.39 is 9.04 Å². The fourth-order valence-electron chi connectivity index (χ4n) is 1.78. The number of benzene rings is 1. The summed E-state index contributed by atoms with van der Waals surface area (Å²) in [5, 5.41) is 0. The maximum Gasteiger partial charge on any atom is 0.274 e. The maximum atomic E-state index is 11.1. The molecule has 4 heteroatoms. The van der Waals surface area contributed by atoms with Crippen LogP contribution in [0.1, 0.15) is 36.7 Å². The Labute approximate surface area is 111 Å². The largest absolute Gasteiger partial charge is 0.540 e. The van der Waals surface area contributed by atoms with Crippen molar-refractivity contribution >= 4 is 15.3 Å². The summed E-state index contributed by atoms with van der Waals surface area (Å²) in [4.78, 5) is 11.1. The Morgan fingerprint density at radius 2 is 1.78 bits per heavy atom. The molecule has 1 rings (SSSR count). The fraction of sp³-hybridized carbons (Fsp3) is 0.500. The first-order valence-electron chi connectivity index (χ1n) is 5.96. The first-order valence-corrected chi connectivity index (χ1v) is 8.36. The standard InChI is InChI=1S/C14H21O3Si/c1-14(2,3)11-8-7-10(9-15)12(16-4)13(11)17-18(5)6/h7-9H,1-6H3. The maximum absolute atomic E-state index is 11.1. The molecule has 18 heavy (non-hydrogen) atoms. The van der Waals surface area contributed by atoms with Crippen LogP contribution in [-0.2, 0) is 5.41 Å². The normalized spacial score (nSPS) is 11.5. The topological polar surface area (TPSA) is 35.5 Å². The van der Waals surface area contributed by atoms with Gasteiger partial charge in [0.25, 0.3) is 9.04 Å². The van der Waals surface area contributed by atoms with E-state index in [-0.39, 0.29) is 5.41 Å². The molecule has 0 spiro atoms. The zero-order valence-corrected chi connectivity index (χ0v) is 13.0. The van der Waals surface area contributed by atoms with E-state index in [1.165, 1.54) is 0 Å². The predicted molar refractivity (Wildman–Crippen MR) is 75.2 cm³/mol. The van der Waals surface area contributed by atoms with Crippen LogP contribution < -0.4 is 9.16 Å². The lowest BCUT2D eigenvalue weighted by atomic mass is 9.85. The Kier molecular flexibility index (Phi) is 4.57. The molecular weight excluding hydrogens is 244 g/mol. The van der Waals surface area contributed by atoms with Crippen molar-refractivity contribution in [2.24, 2.45) is 0 Å². The van der Waals surface area contributed by atoms with Crippen molar-refractivity contribution in [3.63, 3.8) is 0 Å². The molecule has 0 saturated carbocycles. The molecule has 3 nitrogen and oxygen atoms in total. The summed E-state index contributed by atoms with van der Waals surface area (Å²) in [6.07, 6.45) is 0.801. The van der Waals surface area contributed by atoms with E-state index in [2.05, 4.69) is 33.9 Å². The van der Waals surface area contributed by atoms with Crippen LogP contribution in [-0.4, -0.2) is 22.4 Å². The molecule has 1 aromatic rings. The molecule has 0 aliphatic rings. The van der Waals surface area contributed by atoms with Gasteiger partial charge in [-0.1, -0.05) is 26.8 Å². The summed E-state index contributed by atoms with van der Waals surface area (Å²) >= 11 is 0. The van der Waals surface area contributed by atoms with Gasteiger partial charge < -0.3 is 9.16 Å². The van der Waals surface area contributed by atoms with Crippen LogP contribution in [0.4, 0.5) is 0 Å². The van der Waals surface area contributed by atoms with Crippen LogP contribution >= 0.6 is 0 Å². The van der Waals surface area contributed by atoms with Crippen LogP contribution in [0.3, 0.4) is 0 Å². The van der Waals surface area contributed by atoms with E-state index in [4.69, 9.17) is 9.16 Å². The second kappa shape index (κ2) is 5.57. The summed E-state index contributed by atoms with van der Waals surface area (Å²) < 4.78 is 11.3. The van der Waals surface area contributed by atoms with Crippen molar-refractivity contribution in [1.82, 2.24) is 0 Å². The Bertz CT molecular complexity index is 433. The van der Waals surface area contributed by atoms with Crippen molar-refractivity contribution in [3.8, 4) is 11.5 Å². The molecule has 0 atom stereocenters. The third-order valence-corrected chi connectivity index (χ3v) is 3.20. The summed E-state index contributed by atoms with van der Waals surface area (Å²) in [5.41, 5.74) is 1.54. The molecule has 0 aliphatic carbocycles. The lowest BCUT2D eigenvalue weighted by Gasteiger charge is -2.26. The van der Waals surface area contributed by atoms with Gasteiger partial charge in [0, 0.05) is 5.56 Å². The van der Waals surface area contributed by atoms with Gasteiger partial charge >= 0.3 is 0 Å². The van der Waals surface area contributed by atoms with Gasteiger partial charge in [0.15, 0.2) is 17.8 Å². The van der Waals surface area contributed by atoms with Crippen LogP contribution in [0.25, 0.3) is 0 Å². The molecule has 0 N–H and O–H groups in total. The second-order valence-corrected chi connectivity index (χ2v) is 7.46. The van der Waals surface area contributed by atoms with Crippen molar-refractivity contribution in [2.75, 3.05) is 7.11 Å². The van der Waals surface area contributed by atoms with Crippen molar-refractivity contribution in [2.45, 2.75) is 39.3 Å². The van der Waals surface area contributed by atoms with Gasteiger partial charge in [0.1, 0.15) is 0 Å². The third-order valence-electron chi connectivity index (χ3n) is 2.59. The quantitative estimate of drug-likeness (QED) is 0.618. The minimum Gasteiger partial charge on any atom is -0.540 e. The summed E-state index contributed by atoms with van der Waals surface area (Å²) in [5.74, 6) is 1.26.